The summed E-state index contributed by atoms with van der Waals surface area (Å²) in [4.78, 5) is 0.0213. The second-order valence-corrected chi connectivity index (χ2v) is 9.13. The highest BCUT2D eigenvalue weighted by atomic mass is 32.2. The first-order valence-electron chi connectivity index (χ1n) is 8.82. The minimum absolute atomic E-state index is 0.0213. The molecule has 0 spiro atoms. The van der Waals surface area contributed by atoms with Crippen molar-refractivity contribution in [3.05, 3.63) is 41.5 Å². The number of rotatable bonds is 3. The molecule has 9 heteroatoms. The molecule has 1 aliphatic rings. The number of nitrogens with two attached hydrogens (primary N) is 1. The first-order valence-corrected chi connectivity index (χ1v) is 10.3. The van der Waals surface area contributed by atoms with Crippen LogP contribution in [0.25, 0.3) is 22.0 Å². The van der Waals surface area contributed by atoms with Gasteiger partial charge in [-0.1, -0.05) is 12.1 Å². The van der Waals surface area contributed by atoms with Gasteiger partial charge in [-0.2, -0.15) is 9.40 Å². The molecule has 0 amide bonds. The number of anilines is 1. The normalized spacial score (nSPS) is 17.4. The SMILES string of the molecule is Cc1cc(S(=O)(=O)N2CCC(F)(F)C2)ccc1-c1ccc2[nH]nc(N)c2c1C. The summed E-state index contributed by atoms with van der Waals surface area (Å²) in [5.41, 5.74) is 10.2. The summed E-state index contributed by atoms with van der Waals surface area (Å²) in [6.45, 7) is 2.78. The Morgan fingerprint density at radius 1 is 1.18 bits per heavy atom. The number of hydrogen-bond donors (Lipinski definition) is 2. The lowest BCUT2D eigenvalue weighted by Crippen LogP contribution is -2.31. The molecule has 1 aliphatic heterocycles. The van der Waals surface area contributed by atoms with Crippen molar-refractivity contribution in [2.24, 2.45) is 0 Å². The molecular weight excluding hydrogens is 386 g/mol. The van der Waals surface area contributed by atoms with Crippen molar-refractivity contribution in [1.29, 1.82) is 0 Å². The van der Waals surface area contributed by atoms with Crippen LogP contribution in [0.1, 0.15) is 17.5 Å². The number of aromatic amines is 1. The molecule has 28 heavy (non-hydrogen) atoms. The molecule has 1 fully saturated rings. The fourth-order valence-electron chi connectivity index (χ4n) is 3.76. The predicted octanol–water partition coefficient (Wildman–Crippen LogP) is 3.46. The molecule has 2 heterocycles. The molecule has 0 aliphatic carbocycles. The quantitative estimate of drug-likeness (QED) is 0.697. The number of nitrogens with zero attached hydrogens (tertiary/aromatic N) is 2. The first-order chi connectivity index (χ1) is 13.1. The Labute approximate surface area is 161 Å². The molecule has 0 radical (unpaired) electrons. The molecule has 4 rings (SSSR count). The number of aryl methyl sites for hydroxylation is 2. The maximum atomic E-state index is 13.5. The van der Waals surface area contributed by atoms with Crippen molar-refractivity contribution in [1.82, 2.24) is 14.5 Å². The number of fused-ring (bicyclic) bond motifs is 1. The van der Waals surface area contributed by atoms with Crippen molar-refractivity contribution < 1.29 is 17.2 Å². The highest BCUT2D eigenvalue weighted by Gasteiger charge is 2.43. The standard InChI is InChI=1S/C19H20F2N4O2S/c1-11-9-13(28(26,27)25-8-7-19(20,21)10-25)3-4-14(11)15-5-6-16-17(12(15)2)18(22)24-23-16/h3-6,9H,7-8,10H2,1-2H3,(H3,22,23,24). The summed E-state index contributed by atoms with van der Waals surface area (Å²) in [5, 5.41) is 7.72. The number of aromatic nitrogens is 2. The van der Waals surface area contributed by atoms with Crippen LogP contribution < -0.4 is 5.73 Å². The van der Waals surface area contributed by atoms with E-state index >= 15 is 0 Å². The van der Waals surface area contributed by atoms with E-state index in [9.17, 15) is 17.2 Å². The summed E-state index contributed by atoms with van der Waals surface area (Å²) in [6.07, 6.45) is -0.450. The zero-order chi connectivity index (χ0) is 20.3. The van der Waals surface area contributed by atoms with E-state index in [1.54, 1.807) is 13.0 Å². The van der Waals surface area contributed by atoms with Gasteiger partial charge < -0.3 is 5.73 Å². The molecule has 0 bridgehead atoms. The van der Waals surface area contributed by atoms with Gasteiger partial charge in [-0.15, -0.1) is 0 Å². The monoisotopic (exact) mass is 406 g/mol. The molecule has 1 saturated heterocycles. The number of nitrogens with one attached hydrogen (secondary N) is 1. The third-order valence-electron chi connectivity index (χ3n) is 5.28. The van der Waals surface area contributed by atoms with Gasteiger partial charge >= 0.3 is 0 Å². The zero-order valence-corrected chi connectivity index (χ0v) is 16.3. The average Bonchev–Trinajstić information content (AvgIpc) is 3.19. The Bertz CT molecular complexity index is 1190. The number of alkyl halides is 2. The highest BCUT2D eigenvalue weighted by molar-refractivity contribution is 7.89. The van der Waals surface area contributed by atoms with Crippen molar-refractivity contribution >= 4 is 26.7 Å². The maximum Gasteiger partial charge on any atom is 0.262 e. The fraction of sp³-hybridized carbons (Fsp3) is 0.316. The largest absolute Gasteiger partial charge is 0.382 e. The Balaban J connectivity index is 1.75. The Morgan fingerprint density at radius 2 is 1.89 bits per heavy atom. The third kappa shape index (κ3) is 2.94. The molecular formula is C19H20F2N4O2S. The minimum Gasteiger partial charge on any atom is -0.382 e. The number of sulfonamides is 1. The van der Waals surface area contributed by atoms with E-state index in [1.165, 1.54) is 12.1 Å². The highest BCUT2D eigenvalue weighted by Crippen LogP contribution is 2.35. The van der Waals surface area contributed by atoms with E-state index in [2.05, 4.69) is 10.2 Å². The molecule has 3 N–H and O–H groups in total. The Kier molecular flexibility index (Phi) is 4.20. The van der Waals surface area contributed by atoms with E-state index in [4.69, 9.17) is 5.73 Å². The average molecular weight is 406 g/mol. The van der Waals surface area contributed by atoms with Crippen LogP contribution in [0.5, 0.6) is 0 Å². The number of halogens is 2. The van der Waals surface area contributed by atoms with Crippen LogP contribution in [0.2, 0.25) is 0 Å². The molecule has 2 aromatic carbocycles. The first kappa shape index (κ1) is 18.8. The van der Waals surface area contributed by atoms with Gasteiger partial charge in [0.1, 0.15) is 0 Å². The second kappa shape index (κ2) is 6.25. The lowest BCUT2D eigenvalue weighted by molar-refractivity contribution is 0.0183. The van der Waals surface area contributed by atoms with Gasteiger partial charge in [-0.25, -0.2) is 17.2 Å². The second-order valence-electron chi connectivity index (χ2n) is 7.19. The van der Waals surface area contributed by atoms with E-state index in [0.29, 0.717) is 5.82 Å². The molecule has 3 aromatic rings. The van der Waals surface area contributed by atoms with Gasteiger partial charge in [-0.3, -0.25) is 5.10 Å². The summed E-state index contributed by atoms with van der Waals surface area (Å²) < 4.78 is 53.2. The molecule has 0 saturated carbocycles. The smallest absolute Gasteiger partial charge is 0.262 e. The van der Waals surface area contributed by atoms with Crippen LogP contribution in [-0.2, 0) is 10.0 Å². The van der Waals surface area contributed by atoms with Crippen molar-refractivity contribution in [2.45, 2.75) is 31.1 Å². The lowest BCUT2D eigenvalue weighted by atomic mass is 9.94. The lowest BCUT2D eigenvalue weighted by Gasteiger charge is -2.18. The topological polar surface area (TPSA) is 92.1 Å². The van der Waals surface area contributed by atoms with Crippen molar-refractivity contribution in [2.75, 3.05) is 18.8 Å². The summed E-state index contributed by atoms with van der Waals surface area (Å²) in [6, 6.07) is 8.51. The fourth-order valence-corrected chi connectivity index (χ4v) is 5.31. The van der Waals surface area contributed by atoms with Gasteiger partial charge in [0, 0.05) is 18.4 Å². The van der Waals surface area contributed by atoms with Gasteiger partial charge in [0.25, 0.3) is 5.92 Å². The van der Waals surface area contributed by atoms with Crippen LogP contribution in [0.4, 0.5) is 14.6 Å². The van der Waals surface area contributed by atoms with Crippen molar-refractivity contribution in [3.63, 3.8) is 0 Å². The number of nitrogen functional groups attached to an aromatic ring is 1. The van der Waals surface area contributed by atoms with Crippen LogP contribution in [0, 0.1) is 13.8 Å². The molecule has 0 atom stereocenters. The van der Waals surface area contributed by atoms with E-state index < -0.39 is 28.9 Å². The molecule has 148 valence electrons. The van der Waals surface area contributed by atoms with E-state index in [0.717, 1.165) is 37.5 Å². The Hall–Kier alpha value is -2.52. The summed E-state index contributed by atoms with van der Waals surface area (Å²) >= 11 is 0. The van der Waals surface area contributed by atoms with Crippen LogP contribution >= 0.6 is 0 Å². The summed E-state index contributed by atoms with van der Waals surface area (Å²) in [7, 11) is -3.96. The third-order valence-corrected chi connectivity index (χ3v) is 7.12. The number of H-pyrrole nitrogens is 1. The number of benzene rings is 2. The molecule has 0 unspecified atom stereocenters. The van der Waals surface area contributed by atoms with Crippen LogP contribution in [0.15, 0.2) is 35.2 Å². The van der Waals surface area contributed by atoms with Gasteiger partial charge in [0.2, 0.25) is 10.0 Å². The van der Waals surface area contributed by atoms with Crippen molar-refractivity contribution in [3.8, 4) is 11.1 Å². The predicted molar refractivity (Wildman–Crippen MR) is 104 cm³/mol. The molecule has 1 aromatic heterocycles. The van der Waals surface area contributed by atoms with E-state index in [1.807, 2.05) is 19.1 Å². The Morgan fingerprint density at radius 3 is 2.54 bits per heavy atom. The summed E-state index contributed by atoms with van der Waals surface area (Å²) in [5.74, 6) is -2.57. The number of hydrogen-bond acceptors (Lipinski definition) is 4. The van der Waals surface area contributed by atoms with Crippen LogP contribution in [-0.4, -0.2) is 41.9 Å². The molecule has 6 nitrogen and oxygen atoms in total. The zero-order valence-electron chi connectivity index (χ0n) is 15.5. The van der Waals surface area contributed by atoms with Gasteiger partial charge in [0.15, 0.2) is 5.82 Å². The van der Waals surface area contributed by atoms with Crippen LogP contribution in [0.3, 0.4) is 0 Å². The van der Waals surface area contributed by atoms with Gasteiger partial charge in [0.05, 0.1) is 17.0 Å². The maximum absolute atomic E-state index is 13.5. The minimum atomic E-state index is -3.96. The van der Waals surface area contributed by atoms with E-state index in [-0.39, 0.29) is 11.4 Å². The van der Waals surface area contributed by atoms with Gasteiger partial charge in [-0.05, 0) is 54.3 Å².